The highest BCUT2D eigenvalue weighted by molar-refractivity contribution is 5.92. The van der Waals surface area contributed by atoms with Crippen molar-refractivity contribution in [1.29, 1.82) is 0 Å². The fourth-order valence-corrected chi connectivity index (χ4v) is 2.45. The number of nitrogens with one attached hydrogen (secondary N) is 1. The van der Waals surface area contributed by atoms with Gasteiger partial charge in [0, 0.05) is 19.3 Å². The van der Waals surface area contributed by atoms with Crippen LogP contribution in [-0.2, 0) is 7.05 Å². The Morgan fingerprint density at radius 3 is 3.00 bits per heavy atom. The number of hydrogen-bond donors (Lipinski definition) is 2. The molecule has 2 atom stereocenters. The summed E-state index contributed by atoms with van der Waals surface area (Å²) in [6, 6.07) is 1.78. The fraction of sp³-hybridized carbons (Fsp3) is 0.692. The van der Waals surface area contributed by atoms with Gasteiger partial charge in [-0.3, -0.25) is 9.48 Å². The maximum absolute atomic E-state index is 11.9. The molecule has 1 saturated carbocycles. The number of rotatable bonds is 3. The summed E-state index contributed by atoms with van der Waals surface area (Å²) in [5.41, 5.74) is 1.43. The predicted octanol–water partition coefficient (Wildman–Crippen LogP) is 1.01. The Bertz CT molecular complexity index is 408. The highest BCUT2D eigenvalue weighted by atomic mass is 16.3. The molecular formula is C13H21N3O2. The second-order valence-electron chi connectivity index (χ2n) is 5.19. The monoisotopic (exact) mass is 251 g/mol. The first-order valence-electron chi connectivity index (χ1n) is 6.53. The first kappa shape index (κ1) is 13.1. The Balaban J connectivity index is 1.84. The van der Waals surface area contributed by atoms with Gasteiger partial charge in [-0.2, -0.15) is 5.10 Å². The van der Waals surface area contributed by atoms with Gasteiger partial charge in [0.2, 0.25) is 0 Å². The lowest BCUT2D eigenvalue weighted by Gasteiger charge is -2.25. The number of aryl methyl sites for hydroxylation is 2. The SMILES string of the molecule is Cc1cc(C(=O)NCC2CCCC(O)C2)nn1C. The van der Waals surface area contributed by atoms with Gasteiger partial charge in [0.05, 0.1) is 6.10 Å². The molecule has 2 unspecified atom stereocenters. The van der Waals surface area contributed by atoms with Crippen LogP contribution in [0.5, 0.6) is 0 Å². The average Bonchev–Trinajstić information content (AvgIpc) is 2.67. The van der Waals surface area contributed by atoms with Crippen LogP contribution in [0.4, 0.5) is 0 Å². The molecule has 0 radical (unpaired) electrons. The molecule has 5 nitrogen and oxygen atoms in total. The van der Waals surface area contributed by atoms with Gasteiger partial charge in [0.1, 0.15) is 5.69 Å². The van der Waals surface area contributed by atoms with Gasteiger partial charge < -0.3 is 10.4 Å². The van der Waals surface area contributed by atoms with Crippen molar-refractivity contribution in [2.75, 3.05) is 6.54 Å². The number of carbonyl (C=O) groups is 1. The molecule has 0 saturated heterocycles. The van der Waals surface area contributed by atoms with E-state index in [-0.39, 0.29) is 12.0 Å². The molecule has 5 heteroatoms. The second-order valence-corrected chi connectivity index (χ2v) is 5.19. The number of aliphatic hydroxyl groups excluding tert-OH is 1. The van der Waals surface area contributed by atoms with Crippen LogP contribution in [0.3, 0.4) is 0 Å². The summed E-state index contributed by atoms with van der Waals surface area (Å²) in [5.74, 6) is 0.265. The molecule has 1 fully saturated rings. The van der Waals surface area contributed by atoms with Crippen molar-refractivity contribution in [2.45, 2.75) is 38.7 Å². The van der Waals surface area contributed by atoms with E-state index in [1.807, 2.05) is 14.0 Å². The summed E-state index contributed by atoms with van der Waals surface area (Å²) >= 11 is 0. The molecule has 0 aromatic carbocycles. The zero-order valence-electron chi connectivity index (χ0n) is 11.0. The van der Waals surface area contributed by atoms with E-state index >= 15 is 0 Å². The van der Waals surface area contributed by atoms with Crippen molar-refractivity contribution < 1.29 is 9.90 Å². The lowest BCUT2D eigenvalue weighted by Crippen LogP contribution is -2.33. The minimum Gasteiger partial charge on any atom is -0.393 e. The number of amides is 1. The fourth-order valence-electron chi connectivity index (χ4n) is 2.45. The molecule has 18 heavy (non-hydrogen) atoms. The highest BCUT2D eigenvalue weighted by Crippen LogP contribution is 2.23. The van der Waals surface area contributed by atoms with E-state index in [9.17, 15) is 9.90 Å². The predicted molar refractivity (Wildman–Crippen MR) is 68.2 cm³/mol. The van der Waals surface area contributed by atoms with Gasteiger partial charge in [0.15, 0.2) is 0 Å². The van der Waals surface area contributed by atoms with Crippen molar-refractivity contribution in [1.82, 2.24) is 15.1 Å². The van der Waals surface area contributed by atoms with Crippen LogP contribution in [0.1, 0.15) is 41.9 Å². The van der Waals surface area contributed by atoms with Gasteiger partial charge in [0.25, 0.3) is 5.91 Å². The van der Waals surface area contributed by atoms with Crippen molar-refractivity contribution in [3.05, 3.63) is 17.5 Å². The molecule has 0 aliphatic heterocycles. The van der Waals surface area contributed by atoms with Gasteiger partial charge in [-0.1, -0.05) is 6.42 Å². The summed E-state index contributed by atoms with van der Waals surface area (Å²) in [7, 11) is 1.82. The van der Waals surface area contributed by atoms with E-state index in [4.69, 9.17) is 0 Å². The number of aliphatic hydroxyl groups is 1. The van der Waals surface area contributed by atoms with Crippen molar-refractivity contribution >= 4 is 5.91 Å². The first-order chi connectivity index (χ1) is 8.56. The quantitative estimate of drug-likeness (QED) is 0.842. The molecule has 0 bridgehead atoms. The minimum absolute atomic E-state index is 0.126. The van der Waals surface area contributed by atoms with Crippen molar-refractivity contribution in [3.8, 4) is 0 Å². The third-order valence-corrected chi connectivity index (χ3v) is 3.65. The van der Waals surface area contributed by atoms with Crippen LogP contribution in [0.25, 0.3) is 0 Å². The largest absolute Gasteiger partial charge is 0.393 e. The number of carbonyl (C=O) groups excluding carboxylic acids is 1. The van der Waals surface area contributed by atoms with Crippen LogP contribution in [0.2, 0.25) is 0 Å². The number of hydrogen-bond acceptors (Lipinski definition) is 3. The molecule has 1 aromatic rings. The zero-order valence-corrected chi connectivity index (χ0v) is 11.0. The van der Waals surface area contributed by atoms with E-state index in [1.54, 1.807) is 10.7 Å². The Morgan fingerprint density at radius 1 is 1.61 bits per heavy atom. The van der Waals surface area contributed by atoms with E-state index < -0.39 is 0 Å². The van der Waals surface area contributed by atoms with E-state index in [2.05, 4.69) is 10.4 Å². The molecule has 1 aliphatic carbocycles. The van der Waals surface area contributed by atoms with Crippen LogP contribution < -0.4 is 5.32 Å². The van der Waals surface area contributed by atoms with Gasteiger partial charge >= 0.3 is 0 Å². The molecule has 2 rings (SSSR count). The third-order valence-electron chi connectivity index (χ3n) is 3.65. The van der Waals surface area contributed by atoms with Crippen molar-refractivity contribution in [3.63, 3.8) is 0 Å². The summed E-state index contributed by atoms with van der Waals surface area (Å²) in [5, 5.41) is 16.6. The number of nitrogens with zero attached hydrogens (tertiary/aromatic N) is 2. The lowest BCUT2D eigenvalue weighted by molar-refractivity contribution is 0.0870. The Kier molecular flexibility index (Phi) is 4.01. The molecule has 2 N–H and O–H groups in total. The molecule has 0 spiro atoms. The first-order valence-corrected chi connectivity index (χ1v) is 6.53. The lowest BCUT2D eigenvalue weighted by atomic mass is 9.87. The summed E-state index contributed by atoms with van der Waals surface area (Å²) in [6.07, 6.45) is 3.62. The smallest absolute Gasteiger partial charge is 0.271 e. The van der Waals surface area contributed by atoms with Crippen molar-refractivity contribution in [2.24, 2.45) is 13.0 Å². The average molecular weight is 251 g/mol. The van der Waals surface area contributed by atoms with Crippen LogP contribution >= 0.6 is 0 Å². The topological polar surface area (TPSA) is 67.2 Å². The molecule has 100 valence electrons. The Hall–Kier alpha value is -1.36. The summed E-state index contributed by atoms with van der Waals surface area (Å²) < 4.78 is 1.69. The van der Waals surface area contributed by atoms with E-state index in [0.717, 1.165) is 31.4 Å². The standard InChI is InChI=1S/C13H21N3O2/c1-9-6-12(15-16(9)2)13(18)14-8-10-4-3-5-11(17)7-10/h6,10-11,17H,3-5,7-8H2,1-2H3,(H,14,18). The zero-order chi connectivity index (χ0) is 13.1. The van der Waals surface area contributed by atoms with Gasteiger partial charge in [-0.15, -0.1) is 0 Å². The molecule has 1 aromatic heterocycles. The highest BCUT2D eigenvalue weighted by Gasteiger charge is 2.21. The second kappa shape index (κ2) is 5.52. The summed E-state index contributed by atoms with van der Waals surface area (Å²) in [6.45, 7) is 2.55. The maximum Gasteiger partial charge on any atom is 0.271 e. The van der Waals surface area contributed by atoms with Crippen LogP contribution in [0, 0.1) is 12.8 Å². The van der Waals surface area contributed by atoms with E-state index in [1.165, 1.54) is 0 Å². The van der Waals surface area contributed by atoms with Crippen LogP contribution in [-0.4, -0.2) is 33.4 Å². The molecule has 1 heterocycles. The van der Waals surface area contributed by atoms with Gasteiger partial charge in [-0.25, -0.2) is 0 Å². The summed E-state index contributed by atoms with van der Waals surface area (Å²) in [4.78, 5) is 11.9. The molecule has 1 amide bonds. The molecular weight excluding hydrogens is 230 g/mol. The van der Waals surface area contributed by atoms with Gasteiger partial charge in [-0.05, 0) is 38.2 Å². The third kappa shape index (κ3) is 3.10. The maximum atomic E-state index is 11.9. The minimum atomic E-state index is -0.197. The normalized spacial score (nSPS) is 23.9. The molecule has 1 aliphatic rings. The Labute approximate surface area is 107 Å². The van der Waals surface area contributed by atoms with E-state index in [0.29, 0.717) is 18.2 Å². The number of aromatic nitrogens is 2. The Morgan fingerprint density at radius 2 is 2.39 bits per heavy atom. The van der Waals surface area contributed by atoms with Crippen LogP contribution in [0.15, 0.2) is 6.07 Å².